The molecule has 0 spiro atoms. The van der Waals surface area contributed by atoms with E-state index in [1.54, 1.807) is 36.4 Å². The molecular formula is C17H15FN2O. The van der Waals surface area contributed by atoms with E-state index in [0.29, 0.717) is 17.7 Å². The zero-order valence-corrected chi connectivity index (χ0v) is 11.4. The second-order valence-corrected chi connectivity index (χ2v) is 4.40. The highest BCUT2D eigenvalue weighted by Gasteiger charge is 2.05. The first-order valence-corrected chi connectivity index (χ1v) is 6.50. The SMILES string of the molecule is NCC#Cc1ccc(C(=O)NCc2cccc(F)c2)cc1. The molecule has 0 bridgehead atoms. The van der Waals surface area contributed by atoms with E-state index in [9.17, 15) is 9.18 Å². The molecule has 0 aliphatic carbocycles. The van der Waals surface area contributed by atoms with E-state index in [1.165, 1.54) is 12.1 Å². The lowest BCUT2D eigenvalue weighted by atomic mass is 10.1. The van der Waals surface area contributed by atoms with Gasteiger partial charge < -0.3 is 11.1 Å². The van der Waals surface area contributed by atoms with Gasteiger partial charge in [0.1, 0.15) is 5.82 Å². The Bertz CT molecular complexity index is 684. The van der Waals surface area contributed by atoms with Crippen molar-refractivity contribution in [3.05, 3.63) is 71.0 Å². The minimum absolute atomic E-state index is 0.211. The largest absolute Gasteiger partial charge is 0.348 e. The van der Waals surface area contributed by atoms with Gasteiger partial charge >= 0.3 is 0 Å². The minimum Gasteiger partial charge on any atom is -0.348 e. The van der Waals surface area contributed by atoms with Gasteiger partial charge in [0, 0.05) is 17.7 Å². The van der Waals surface area contributed by atoms with Crippen LogP contribution in [0.3, 0.4) is 0 Å². The fourth-order valence-electron chi connectivity index (χ4n) is 1.79. The summed E-state index contributed by atoms with van der Waals surface area (Å²) >= 11 is 0. The highest BCUT2D eigenvalue weighted by molar-refractivity contribution is 5.94. The van der Waals surface area contributed by atoms with Crippen molar-refractivity contribution < 1.29 is 9.18 Å². The van der Waals surface area contributed by atoms with Gasteiger partial charge in [0.05, 0.1) is 6.54 Å². The summed E-state index contributed by atoms with van der Waals surface area (Å²) in [5, 5.41) is 2.74. The zero-order valence-electron chi connectivity index (χ0n) is 11.4. The number of nitrogens with two attached hydrogens (primary N) is 1. The van der Waals surface area contributed by atoms with E-state index in [4.69, 9.17) is 5.73 Å². The highest BCUT2D eigenvalue weighted by atomic mass is 19.1. The van der Waals surface area contributed by atoms with Gasteiger partial charge in [0.2, 0.25) is 0 Å². The van der Waals surface area contributed by atoms with Crippen molar-refractivity contribution in [3.8, 4) is 11.8 Å². The van der Waals surface area contributed by atoms with Crippen LogP contribution >= 0.6 is 0 Å². The third kappa shape index (κ3) is 4.44. The Morgan fingerprint density at radius 2 is 1.95 bits per heavy atom. The van der Waals surface area contributed by atoms with Crippen molar-refractivity contribution in [3.63, 3.8) is 0 Å². The molecule has 1 amide bonds. The van der Waals surface area contributed by atoms with Crippen molar-refractivity contribution in [2.45, 2.75) is 6.54 Å². The van der Waals surface area contributed by atoms with Crippen molar-refractivity contribution in [2.24, 2.45) is 5.73 Å². The average Bonchev–Trinajstić information content (AvgIpc) is 2.51. The third-order valence-electron chi connectivity index (χ3n) is 2.82. The molecule has 4 heteroatoms. The van der Waals surface area contributed by atoms with Crippen LogP contribution in [-0.2, 0) is 6.54 Å². The average molecular weight is 282 g/mol. The van der Waals surface area contributed by atoms with Crippen molar-refractivity contribution in [1.29, 1.82) is 0 Å². The Balaban J connectivity index is 1.97. The maximum atomic E-state index is 13.0. The second-order valence-electron chi connectivity index (χ2n) is 4.40. The molecule has 21 heavy (non-hydrogen) atoms. The Labute approximate surface area is 123 Å². The Morgan fingerprint density at radius 3 is 2.62 bits per heavy atom. The summed E-state index contributed by atoms with van der Waals surface area (Å²) in [5.74, 6) is 5.11. The molecule has 3 N–H and O–H groups in total. The first-order valence-electron chi connectivity index (χ1n) is 6.50. The molecule has 0 aliphatic rings. The fourth-order valence-corrected chi connectivity index (χ4v) is 1.79. The van der Waals surface area contributed by atoms with Crippen molar-refractivity contribution >= 4 is 5.91 Å². The van der Waals surface area contributed by atoms with Gasteiger partial charge in [-0.1, -0.05) is 24.0 Å². The Kier molecular flexibility index (Phi) is 5.08. The molecule has 2 aromatic carbocycles. The number of carbonyl (C=O) groups is 1. The molecule has 2 aromatic rings. The van der Waals surface area contributed by atoms with Gasteiger partial charge in [-0.15, -0.1) is 0 Å². The highest BCUT2D eigenvalue weighted by Crippen LogP contribution is 2.06. The quantitative estimate of drug-likeness (QED) is 0.847. The van der Waals surface area contributed by atoms with E-state index in [-0.39, 0.29) is 18.3 Å². The summed E-state index contributed by atoms with van der Waals surface area (Å²) in [6.07, 6.45) is 0. The lowest BCUT2D eigenvalue weighted by Crippen LogP contribution is -2.22. The van der Waals surface area contributed by atoms with Crippen molar-refractivity contribution in [2.75, 3.05) is 6.54 Å². The maximum Gasteiger partial charge on any atom is 0.251 e. The van der Waals surface area contributed by atoms with Crippen LogP contribution in [0, 0.1) is 17.7 Å². The monoisotopic (exact) mass is 282 g/mol. The van der Waals surface area contributed by atoms with E-state index in [2.05, 4.69) is 17.2 Å². The van der Waals surface area contributed by atoms with Gasteiger partial charge in [0.15, 0.2) is 0 Å². The topological polar surface area (TPSA) is 55.1 Å². The van der Waals surface area contributed by atoms with Crippen LogP contribution in [0.25, 0.3) is 0 Å². The standard InChI is InChI=1S/C17H15FN2O/c18-16-5-1-3-14(11-16)12-20-17(21)15-8-6-13(7-9-15)4-2-10-19/h1,3,5-9,11H,10,12,19H2,(H,20,21). The van der Waals surface area contributed by atoms with Gasteiger partial charge in [0.25, 0.3) is 5.91 Å². The van der Waals surface area contributed by atoms with E-state index < -0.39 is 0 Å². The molecule has 0 unspecified atom stereocenters. The van der Waals surface area contributed by atoms with Gasteiger partial charge in [-0.3, -0.25) is 4.79 Å². The number of amides is 1. The molecule has 0 radical (unpaired) electrons. The van der Waals surface area contributed by atoms with Crippen LogP contribution in [0.5, 0.6) is 0 Å². The van der Waals surface area contributed by atoms with Gasteiger partial charge in [-0.25, -0.2) is 4.39 Å². The van der Waals surface area contributed by atoms with E-state index in [1.807, 2.05) is 0 Å². The normalized spacial score (nSPS) is 9.62. The summed E-state index contributed by atoms with van der Waals surface area (Å²) in [4.78, 5) is 12.0. The molecule has 0 fully saturated rings. The van der Waals surface area contributed by atoms with Gasteiger partial charge in [-0.2, -0.15) is 0 Å². The first kappa shape index (κ1) is 14.8. The summed E-state index contributed by atoms with van der Waals surface area (Å²) in [5.41, 5.74) is 7.35. The fraction of sp³-hybridized carbons (Fsp3) is 0.118. The molecule has 3 nitrogen and oxygen atoms in total. The van der Waals surface area contributed by atoms with Crippen LogP contribution < -0.4 is 11.1 Å². The summed E-state index contributed by atoms with van der Waals surface area (Å²) in [6, 6.07) is 13.1. The van der Waals surface area contributed by atoms with Crippen LogP contribution in [0.15, 0.2) is 48.5 Å². The number of rotatable bonds is 3. The van der Waals surface area contributed by atoms with Crippen LogP contribution in [0.1, 0.15) is 21.5 Å². The smallest absolute Gasteiger partial charge is 0.251 e. The lowest BCUT2D eigenvalue weighted by molar-refractivity contribution is 0.0951. The number of hydrogen-bond donors (Lipinski definition) is 2. The zero-order chi connectivity index (χ0) is 15.1. The van der Waals surface area contributed by atoms with Crippen LogP contribution in [0.2, 0.25) is 0 Å². The number of carbonyl (C=O) groups excluding carboxylic acids is 1. The molecule has 0 aromatic heterocycles. The summed E-state index contributed by atoms with van der Waals surface area (Å²) in [6.45, 7) is 0.585. The second kappa shape index (κ2) is 7.22. The predicted octanol–water partition coefficient (Wildman–Crippen LogP) is 2.07. The van der Waals surface area contributed by atoms with Gasteiger partial charge in [-0.05, 0) is 42.0 Å². The summed E-state index contributed by atoms with van der Waals surface area (Å²) < 4.78 is 13.0. The maximum absolute atomic E-state index is 13.0. The molecule has 0 saturated heterocycles. The number of halogens is 1. The van der Waals surface area contributed by atoms with Crippen LogP contribution in [0.4, 0.5) is 4.39 Å². The Morgan fingerprint density at radius 1 is 1.19 bits per heavy atom. The Hall–Kier alpha value is -2.64. The summed E-state index contributed by atoms with van der Waals surface area (Å²) in [7, 11) is 0. The molecule has 0 heterocycles. The van der Waals surface area contributed by atoms with Crippen molar-refractivity contribution in [1.82, 2.24) is 5.32 Å². The lowest BCUT2D eigenvalue weighted by Gasteiger charge is -2.05. The first-order chi connectivity index (χ1) is 10.2. The number of benzene rings is 2. The molecule has 0 saturated carbocycles. The number of hydrogen-bond acceptors (Lipinski definition) is 2. The molecular weight excluding hydrogens is 267 g/mol. The van der Waals surface area contributed by atoms with E-state index in [0.717, 1.165) is 5.56 Å². The minimum atomic E-state index is -0.315. The molecule has 106 valence electrons. The molecule has 0 atom stereocenters. The predicted molar refractivity (Wildman–Crippen MR) is 79.9 cm³/mol. The van der Waals surface area contributed by atoms with E-state index >= 15 is 0 Å². The number of nitrogens with one attached hydrogen (secondary N) is 1. The third-order valence-corrected chi connectivity index (χ3v) is 2.82. The molecule has 0 aliphatic heterocycles. The molecule has 2 rings (SSSR count). The van der Waals surface area contributed by atoms with Crippen LogP contribution in [-0.4, -0.2) is 12.5 Å².